The normalized spacial score (nSPS) is 10.5. The number of benzene rings is 1. The van der Waals surface area contributed by atoms with Crippen molar-refractivity contribution < 1.29 is 13.7 Å². The van der Waals surface area contributed by atoms with Crippen molar-refractivity contribution in [1.29, 1.82) is 0 Å². The standard InChI is InChI=1S/C11H9FN2O3/c12-9-5-7(1-3-10(9)14(15)16)11-4-2-8(6-13)17-11/h1-5H,6,13H2. The Morgan fingerprint density at radius 3 is 2.65 bits per heavy atom. The highest BCUT2D eigenvalue weighted by molar-refractivity contribution is 5.60. The van der Waals surface area contributed by atoms with Gasteiger partial charge in [-0.1, -0.05) is 0 Å². The molecule has 0 atom stereocenters. The van der Waals surface area contributed by atoms with Crippen molar-refractivity contribution in [3.05, 3.63) is 52.0 Å². The first-order valence-electron chi connectivity index (χ1n) is 4.85. The maximum Gasteiger partial charge on any atom is 0.304 e. The van der Waals surface area contributed by atoms with Crippen LogP contribution in [0.2, 0.25) is 0 Å². The molecule has 0 unspecified atom stereocenters. The molecule has 1 heterocycles. The van der Waals surface area contributed by atoms with E-state index < -0.39 is 16.4 Å². The molecule has 2 rings (SSSR count). The molecule has 2 N–H and O–H groups in total. The smallest absolute Gasteiger partial charge is 0.304 e. The zero-order valence-electron chi connectivity index (χ0n) is 8.72. The van der Waals surface area contributed by atoms with Crippen LogP contribution in [0.25, 0.3) is 11.3 Å². The van der Waals surface area contributed by atoms with Gasteiger partial charge in [0.15, 0.2) is 0 Å². The van der Waals surface area contributed by atoms with Crippen molar-refractivity contribution in [1.82, 2.24) is 0 Å². The van der Waals surface area contributed by atoms with Crippen LogP contribution >= 0.6 is 0 Å². The molecule has 0 fully saturated rings. The maximum absolute atomic E-state index is 13.4. The highest BCUT2D eigenvalue weighted by atomic mass is 19.1. The molecule has 0 saturated heterocycles. The van der Waals surface area contributed by atoms with Crippen molar-refractivity contribution in [2.45, 2.75) is 6.54 Å². The molecule has 0 spiro atoms. The number of halogens is 1. The fourth-order valence-corrected chi connectivity index (χ4v) is 1.45. The summed E-state index contributed by atoms with van der Waals surface area (Å²) in [4.78, 5) is 9.67. The van der Waals surface area contributed by atoms with E-state index in [1.54, 1.807) is 12.1 Å². The summed E-state index contributed by atoms with van der Waals surface area (Å²) < 4.78 is 18.7. The summed E-state index contributed by atoms with van der Waals surface area (Å²) in [5.41, 5.74) is 5.26. The third-order valence-corrected chi connectivity index (χ3v) is 2.29. The van der Waals surface area contributed by atoms with Gasteiger partial charge in [0.05, 0.1) is 11.5 Å². The van der Waals surface area contributed by atoms with E-state index in [-0.39, 0.29) is 6.54 Å². The zero-order valence-corrected chi connectivity index (χ0v) is 8.72. The molecule has 1 aromatic carbocycles. The number of nitro benzene ring substituents is 1. The molecule has 0 aliphatic heterocycles. The fraction of sp³-hybridized carbons (Fsp3) is 0.0909. The largest absolute Gasteiger partial charge is 0.460 e. The van der Waals surface area contributed by atoms with E-state index in [0.717, 1.165) is 12.1 Å². The SMILES string of the molecule is NCc1ccc(-c2ccc([N+](=O)[O-])c(F)c2)o1. The summed E-state index contributed by atoms with van der Waals surface area (Å²) in [7, 11) is 0. The van der Waals surface area contributed by atoms with Crippen molar-refractivity contribution in [2.75, 3.05) is 0 Å². The van der Waals surface area contributed by atoms with E-state index in [1.165, 1.54) is 6.07 Å². The quantitative estimate of drug-likeness (QED) is 0.655. The second kappa shape index (κ2) is 4.34. The number of rotatable bonds is 3. The number of nitro groups is 1. The van der Waals surface area contributed by atoms with Gasteiger partial charge >= 0.3 is 5.69 Å². The zero-order chi connectivity index (χ0) is 12.4. The summed E-state index contributed by atoms with van der Waals surface area (Å²) in [6.07, 6.45) is 0. The molecule has 0 bridgehead atoms. The van der Waals surface area contributed by atoms with Crippen LogP contribution in [0.5, 0.6) is 0 Å². The topological polar surface area (TPSA) is 82.3 Å². The minimum absolute atomic E-state index is 0.245. The lowest BCUT2D eigenvalue weighted by Gasteiger charge is -1.98. The molecule has 6 heteroatoms. The van der Waals surface area contributed by atoms with Gasteiger partial charge in [0, 0.05) is 11.6 Å². The Labute approximate surface area is 95.8 Å². The molecule has 2 aromatic rings. The predicted octanol–water partition coefficient (Wildman–Crippen LogP) is 2.45. The third kappa shape index (κ3) is 2.16. The second-order valence-corrected chi connectivity index (χ2v) is 3.39. The van der Waals surface area contributed by atoms with Gasteiger partial charge in [-0.15, -0.1) is 0 Å². The lowest BCUT2D eigenvalue weighted by Crippen LogP contribution is -1.93. The Kier molecular flexibility index (Phi) is 2.88. The summed E-state index contributed by atoms with van der Waals surface area (Å²) >= 11 is 0. The van der Waals surface area contributed by atoms with Gasteiger partial charge in [-0.2, -0.15) is 4.39 Å². The molecule has 0 aliphatic rings. The Hall–Kier alpha value is -2.21. The molecule has 0 saturated carbocycles. The van der Waals surface area contributed by atoms with Crippen LogP contribution in [0.1, 0.15) is 5.76 Å². The van der Waals surface area contributed by atoms with Gasteiger partial charge in [0.2, 0.25) is 5.82 Å². The van der Waals surface area contributed by atoms with Crippen molar-refractivity contribution in [3.8, 4) is 11.3 Å². The Morgan fingerprint density at radius 2 is 2.12 bits per heavy atom. The molecule has 0 aliphatic carbocycles. The minimum Gasteiger partial charge on any atom is -0.460 e. The van der Waals surface area contributed by atoms with Crippen LogP contribution in [-0.2, 0) is 6.54 Å². The van der Waals surface area contributed by atoms with Crippen LogP contribution in [0, 0.1) is 15.9 Å². The average Bonchev–Trinajstić information content (AvgIpc) is 2.76. The van der Waals surface area contributed by atoms with E-state index in [4.69, 9.17) is 10.2 Å². The van der Waals surface area contributed by atoms with E-state index >= 15 is 0 Å². The molecular weight excluding hydrogens is 227 g/mol. The van der Waals surface area contributed by atoms with Crippen LogP contribution < -0.4 is 5.73 Å². The predicted molar refractivity (Wildman–Crippen MR) is 58.6 cm³/mol. The van der Waals surface area contributed by atoms with Crippen LogP contribution in [-0.4, -0.2) is 4.92 Å². The molecule has 5 nitrogen and oxygen atoms in total. The number of nitrogens with zero attached hydrogens (tertiary/aromatic N) is 1. The monoisotopic (exact) mass is 236 g/mol. The van der Waals surface area contributed by atoms with Gasteiger partial charge < -0.3 is 10.2 Å². The first-order chi connectivity index (χ1) is 8.11. The van der Waals surface area contributed by atoms with E-state index in [1.807, 2.05) is 0 Å². The lowest BCUT2D eigenvalue weighted by molar-refractivity contribution is -0.387. The summed E-state index contributed by atoms with van der Waals surface area (Å²) in [6.45, 7) is 0.245. The average molecular weight is 236 g/mol. The Bertz CT molecular complexity index is 566. The Morgan fingerprint density at radius 1 is 1.35 bits per heavy atom. The molecule has 88 valence electrons. The minimum atomic E-state index is -0.891. The van der Waals surface area contributed by atoms with E-state index in [2.05, 4.69) is 0 Å². The van der Waals surface area contributed by atoms with Gasteiger partial charge in [-0.25, -0.2) is 0 Å². The first kappa shape index (κ1) is 11.3. The van der Waals surface area contributed by atoms with Crippen LogP contribution in [0.3, 0.4) is 0 Å². The van der Waals surface area contributed by atoms with Gasteiger partial charge in [0.1, 0.15) is 11.5 Å². The van der Waals surface area contributed by atoms with Crippen LogP contribution in [0.4, 0.5) is 10.1 Å². The Balaban J connectivity index is 2.40. The van der Waals surface area contributed by atoms with Gasteiger partial charge in [-0.05, 0) is 24.3 Å². The summed E-state index contributed by atoms with van der Waals surface area (Å²) in [5.74, 6) is 0.108. The second-order valence-electron chi connectivity index (χ2n) is 3.39. The van der Waals surface area contributed by atoms with Crippen molar-refractivity contribution in [3.63, 3.8) is 0 Å². The number of hydrogen-bond donors (Lipinski definition) is 1. The van der Waals surface area contributed by atoms with Crippen molar-refractivity contribution >= 4 is 5.69 Å². The van der Waals surface area contributed by atoms with Gasteiger partial charge in [0.25, 0.3) is 0 Å². The third-order valence-electron chi connectivity index (χ3n) is 2.29. The molecule has 0 amide bonds. The first-order valence-corrected chi connectivity index (χ1v) is 4.85. The highest BCUT2D eigenvalue weighted by Gasteiger charge is 2.15. The molecule has 1 aromatic heterocycles. The van der Waals surface area contributed by atoms with E-state index in [0.29, 0.717) is 17.1 Å². The van der Waals surface area contributed by atoms with Crippen LogP contribution in [0.15, 0.2) is 34.7 Å². The number of hydrogen-bond acceptors (Lipinski definition) is 4. The maximum atomic E-state index is 13.4. The lowest BCUT2D eigenvalue weighted by atomic mass is 10.1. The van der Waals surface area contributed by atoms with Crippen molar-refractivity contribution in [2.24, 2.45) is 5.73 Å². The van der Waals surface area contributed by atoms with E-state index in [9.17, 15) is 14.5 Å². The summed E-state index contributed by atoms with van der Waals surface area (Å²) in [5, 5.41) is 10.4. The fourth-order valence-electron chi connectivity index (χ4n) is 1.45. The van der Waals surface area contributed by atoms with Gasteiger partial charge in [-0.3, -0.25) is 10.1 Å². The number of nitrogens with two attached hydrogens (primary N) is 1. The molecule has 0 radical (unpaired) electrons. The highest BCUT2D eigenvalue weighted by Crippen LogP contribution is 2.26. The summed E-state index contributed by atoms with van der Waals surface area (Å²) in [6, 6.07) is 6.92. The molecule has 17 heavy (non-hydrogen) atoms. The molecular formula is C11H9FN2O3. The number of furan rings is 1.